The van der Waals surface area contributed by atoms with Gasteiger partial charge >= 0.3 is 0 Å². The number of rotatable bonds is 8. The number of carbonyl (C=O) groups is 1. The molecule has 0 atom stereocenters. The van der Waals surface area contributed by atoms with Gasteiger partial charge in [0.25, 0.3) is 5.56 Å². The number of benzene rings is 4. The van der Waals surface area contributed by atoms with E-state index in [2.05, 4.69) is 15.3 Å². The molecule has 0 aliphatic carbocycles. The summed E-state index contributed by atoms with van der Waals surface area (Å²) in [4.78, 5) is 35.3. The van der Waals surface area contributed by atoms with Gasteiger partial charge in [-0.2, -0.15) is 0 Å². The van der Waals surface area contributed by atoms with E-state index in [4.69, 9.17) is 9.47 Å². The maximum absolute atomic E-state index is 14.3. The summed E-state index contributed by atoms with van der Waals surface area (Å²) in [7, 11) is 3.15. The molecule has 0 aliphatic heterocycles. The van der Waals surface area contributed by atoms with Crippen molar-refractivity contribution < 1.29 is 14.3 Å². The molecule has 5 aromatic rings. The highest BCUT2D eigenvalue weighted by Crippen LogP contribution is 2.31. The number of ketones is 1. The number of Topliss-reactive ketones (excluding diaryl/α,β-unsaturated/α-hetero) is 1. The molecule has 7 nitrogen and oxygen atoms in total. The van der Waals surface area contributed by atoms with Crippen LogP contribution in [0.4, 0.5) is 5.69 Å². The fourth-order valence-corrected chi connectivity index (χ4v) is 4.24. The van der Waals surface area contributed by atoms with Crippen molar-refractivity contribution in [3.8, 4) is 11.5 Å². The summed E-state index contributed by atoms with van der Waals surface area (Å²) in [6, 6.07) is 29.1. The zero-order chi connectivity index (χ0) is 27.4. The van der Waals surface area contributed by atoms with E-state index in [-0.39, 0.29) is 17.1 Å². The van der Waals surface area contributed by atoms with Crippen LogP contribution in [0.1, 0.15) is 27.2 Å². The normalized spacial score (nSPS) is 11.6. The molecule has 0 radical (unpaired) electrons. The van der Waals surface area contributed by atoms with Gasteiger partial charge in [0.1, 0.15) is 17.2 Å². The third-order valence-electron chi connectivity index (χ3n) is 6.37. The lowest BCUT2D eigenvalue weighted by Crippen LogP contribution is -2.21. The average Bonchev–Trinajstić information content (AvgIpc) is 2.98. The molecular formula is C32H27N3O4. The topological polar surface area (TPSA) is 93.3 Å². The smallest absolute Gasteiger partial charge is 0.275 e. The second-order valence-corrected chi connectivity index (χ2v) is 8.96. The lowest BCUT2D eigenvalue weighted by atomic mass is 9.95. The Morgan fingerprint density at radius 3 is 1.97 bits per heavy atom. The molecule has 2 N–H and O–H groups in total. The molecule has 39 heavy (non-hydrogen) atoms. The first-order valence-electron chi connectivity index (χ1n) is 12.4. The van der Waals surface area contributed by atoms with Crippen molar-refractivity contribution >= 4 is 33.8 Å². The van der Waals surface area contributed by atoms with Crippen LogP contribution < -0.4 is 20.3 Å². The molecule has 4 aromatic carbocycles. The Bertz CT molecular complexity index is 1720. The SMILES string of the molecule is COc1ccc(C(=O)/C(=C(/Nc2ccc(C)cc2)c2ccc(OC)cc2)c2nc3ccccc3[nH]c2=O)cc1. The molecule has 0 bridgehead atoms. The molecule has 1 aromatic heterocycles. The number of methoxy groups -OCH3 is 2. The fraction of sp³-hybridized carbons (Fsp3) is 0.0938. The third kappa shape index (κ3) is 5.43. The minimum atomic E-state index is -0.470. The van der Waals surface area contributed by atoms with E-state index in [0.29, 0.717) is 39.4 Å². The number of ether oxygens (including phenoxy) is 2. The number of nitrogens with one attached hydrogen (secondary N) is 2. The van der Waals surface area contributed by atoms with Gasteiger partial charge in [0.05, 0.1) is 36.5 Å². The standard InChI is InChI=1S/C32H27N3O4/c1-20-8-14-23(15-9-20)33-29(21-10-16-24(38-2)17-11-21)28(31(36)22-12-18-25(39-3)19-13-22)30-32(37)35-27-7-5-4-6-26(27)34-30/h4-19,33H,1-3H3,(H,35,37)/b29-28+. The van der Waals surface area contributed by atoms with Crippen LogP contribution >= 0.6 is 0 Å². The van der Waals surface area contributed by atoms with Crippen molar-refractivity contribution in [3.05, 3.63) is 130 Å². The number of aromatic nitrogens is 2. The van der Waals surface area contributed by atoms with Crippen molar-refractivity contribution in [3.63, 3.8) is 0 Å². The molecule has 7 heteroatoms. The van der Waals surface area contributed by atoms with Gasteiger partial charge in [-0.1, -0.05) is 29.8 Å². The summed E-state index contributed by atoms with van der Waals surface area (Å²) in [5.41, 5.74) is 4.19. The van der Waals surface area contributed by atoms with E-state index in [0.717, 1.165) is 11.3 Å². The maximum atomic E-state index is 14.3. The lowest BCUT2D eigenvalue weighted by Gasteiger charge is -2.18. The van der Waals surface area contributed by atoms with Crippen molar-refractivity contribution in [2.45, 2.75) is 6.92 Å². The Hall–Kier alpha value is -5.17. The quantitative estimate of drug-likeness (QED) is 0.191. The van der Waals surface area contributed by atoms with Gasteiger partial charge in [0.2, 0.25) is 0 Å². The van der Waals surface area contributed by atoms with Crippen molar-refractivity contribution in [1.82, 2.24) is 9.97 Å². The minimum absolute atomic E-state index is 0.0138. The number of aromatic amines is 1. The molecule has 1 heterocycles. The van der Waals surface area contributed by atoms with Crippen LogP contribution in [0.15, 0.2) is 102 Å². The first-order valence-corrected chi connectivity index (χ1v) is 12.4. The number of nitrogens with zero attached hydrogens (tertiary/aromatic N) is 1. The van der Waals surface area contributed by atoms with Crippen LogP contribution in [0.25, 0.3) is 22.3 Å². The van der Waals surface area contributed by atoms with Crippen LogP contribution in [-0.2, 0) is 0 Å². The van der Waals surface area contributed by atoms with Gasteiger partial charge in [-0.25, -0.2) is 4.98 Å². The van der Waals surface area contributed by atoms with Crippen LogP contribution in [0.3, 0.4) is 0 Å². The highest BCUT2D eigenvalue weighted by molar-refractivity contribution is 6.34. The van der Waals surface area contributed by atoms with Gasteiger partial charge in [0, 0.05) is 11.3 Å². The molecule has 0 aliphatic rings. The second-order valence-electron chi connectivity index (χ2n) is 8.96. The van der Waals surface area contributed by atoms with Gasteiger partial charge in [-0.05, 0) is 85.3 Å². The first kappa shape index (κ1) is 25.5. The van der Waals surface area contributed by atoms with E-state index < -0.39 is 5.56 Å². The number of hydrogen-bond acceptors (Lipinski definition) is 6. The van der Waals surface area contributed by atoms with Crippen molar-refractivity contribution in [1.29, 1.82) is 0 Å². The number of carbonyl (C=O) groups excluding carboxylic acids is 1. The summed E-state index contributed by atoms with van der Waals surface area (Å²) in [5, 5.41) is 3.41. The zero-order valence-corrected chi connectivity index (χ0v) is 21.8. The second kappa shape index (κ2) is 11.1. The van der Waals surface area contributed by atoms with Crippen molar-refractivity contribution in [2.75, 3.05) is 19.5 Å². The molecule has 5 rings (SSSR count). The summed E-state index contributed by atoms with van der Waals surface area (Å²) in [6.07, 6.45) is 0. The Morgan fingerprint density at radius 2 is 1.36 bits per heavy atom. The van der Waals surface area contributed by atoms with Gasteiger partial charge < -0.3 is 19.8 Å². The summed E-state index contributed by atoms with van der Waals surface area (Å²) in [6.45, 7) is 2.00. The predicted molar refractivity (Wildman–Crippen MR) is 154 cm³/mol. The number of hydrogen-bond donors (Lipinski definition) is 2. The average molecular weight is 518 g/mol. The summed E-state index contributed by atoms with van der Waals surface area (Å²) in [5.74, 6) is 0.918. The maximum Gasteiger partial charge on any atom is 0.275 e. The molecule has 0 saturated carbocycles. The fourth-order valence-electron chi connectivity index (χ4n) is 4.24. The van der Waals surface area contributed by atoms with E-state index in [9.17, 15) is 9.59 Å². The Kier molecular flexibility index (Phi) is 7.23. The number of para-hydroxylation sites is 2. The van der Waals surface area contributed by atoms with Crippen LogP contribution in [-0.4, -0.2) is 30.0 Å². The Labute approximate surface area is 225 Å². The number of aryl methyl sites for hydroxylation is 1. The number of allylic oxidation sites excluding steroid dienone is 1. The highest BCUT2D eigenvalue weighted by atomic mass is 16.5. The first-order chi connectivity index (χ1) is 19.0. The Balaban J connectivity index is 1.81. The summed E-state index contributed by atoms with van der Waals surface area (Å²) < 4.78 is 10.6. The third-order valence-corrected chi connectivity index (χ3v) is 6.37. The van der Waals surface area contributed by atoms with E-state index in [1.807, 2.05) is 55.5 Å². The molecule has 0 saturated heterocycles. The Morgan fingerprint density at radius 1 is 0.769 bits per heavy atom. The number of anilines is 1. The summed E-state index contributed by atoms with van der Waals surface area (Å²) >= 11 is 0. The highest BCUT2D eigenvalue weighted by Gasteiger charge is 2.25. The molecule has 194 valence electrons. The van der Waals surface area contributed by atoms with Crippen LogP contribution in [0, 0.1) is 6.92 Å². The van der Waals surface area contributed by atoms with E-state index >= 15 is 0 Å². The molecule has 0 unspecified atom stereocenters. The van der Waals surface area contributed by atoms with Gasteiger partial charge in [-0.15, -0.1) is 0 Å². The number of fused-ring (bicyclic) bond motifs is 1. The largest absolute Gasteiger partial charge is 0.497 e. The van der Waals surface area contributed by atoms with Crippen LogP contribution in [0.5, 0.6) is 11.5 Å². The lowest BCUT2D eigenvalue weighted by molar-refractivity contribution is 0.105. The molecule has 0 amide bonds. The van der Waals surface area contributed by atoms with Crippen molar-refractivity contribution in [2.24, 2.45) is 0 Å². The van der Waals surface area contributed by atoms with Gasteiger partial charge in [0.15, 0.2) is 5.78 Å². The minimum Gasteiger partial charge on any atom is -0.497 e. The molecule has 0 spiro atoms. The molecular weight excluding hydrogens is 490 g/mol. The predicted octanol–water partition coefficient (Wildman–Crippen LogP) is 6.11. The molecule has 0 fully saturated rings. The number of H-pyrrole nitrogens is 1. The zero-order valence-electron chi connectivity index (χ0n) is 21.8. The van der Waals surface area contributed by atoms with Crippen LogP contribution in [0.2, 0.25) is 0 Å². The van der Waals surface area contributed by atoms with E-state index in [1.54, 1.807) is 62.8 Å². The van der Waals surface area contributed by atoms with Gasteiger partial charge in [-0.3, -0.25) is 9.59 Å². The van der Waals surface area contributed by atoms with E-state index in [1.165, 1.54) is 0 Å². The monoisotopic (exact) mass is 517 g/mol.